The molecule has 30 heavy (non-hydrogen) atoms. The summed E-state index contributed by atoms with van der Waals surface area (Å²) in [5.41, 5.74) is 3.98. The van der Waals surface area contributed by atoms with Gasteiger partial charge in [0.15, 0.2) is 5.76 Å². The molecular formula is C24H28N2O4. The van der Waals surface area contributed by atoms with Gasteiger partial charge in [0.1, 0.15) is 23.9 Å². The van der Waals surface area contributed by atoms with Crippen LogP contribution < -0.4 is 14.2 Å². The first-order chi connectivity index (χ1) is 14.7. The molecular weight excluding hydrogens is 380 g/mol. The summed E-state index contributed by atoms with van der Waals surface area (Å²) >= 11 is 0. The van der Waals surface area contributed by atoms with Crippen molar-refractivity contribution in [3.63, 3.8) is 0 Å². The summed E-state index contributed by atoms with van der Waals surface area (Å²) in [5.74, 6) is 3.14. The van der Waals surface area contributed by atoms with E-state index in [0.717, 1.165) is 65.0 Å². The van der Waals surface area contributed by atoms with E-state index in [4.69, 9.17) is 18.7 Å². The van der Waals surface area contributed by atoms with Crippen LogP contribution in [-0.4, -0.2) is 37.4 Å². The molecule has 0 unspecified atom stereocenters. The lowest BCUT2D eigenvalue weighted by atomic mass is 10.00. The minimum Gasteiger partial charge on any atom is -0.496 e. The van der Waals surface area contributed by atoms with Crippen LogP contribution in [0.3, 0.4) is 0 Å². The Kier molecular flexibility index (Phi) is 6.23. The third kappa shape index (κ3) is 4.44. The fraction of sp³-hybridized carbons (Fsp3) is 0.375. The van der Waals surface area contributed by atoms with E-state index in [-0.39, 0.29) is 0 Å². The molecule has 158 valence electrons. The molecule has 1 fully saturated rings. The van der Waals surface area contributed by atoms with Crippen molar-refractivity contribution >= 4 is 0 Å². The number of nitrogens with zero attached hydrogens (tertiary/aromatic N) is 2. The van der Waals surface area contributed by atoms with Crippen LogP contribution in [0.25, 0.3) is 11.1 Å². The standard InChI is InChI=1S/C24H28N2O4/c1-17-13-20(30-25-17)16-29-21-10-9-18(14-19(21)15-26-11-4-5-12-26)24-22(27-2)7-6-8-23(24)28-3/h6-10,13-14H,4-5,11-12,15-16H2,1-3H3. The van der Waals surface area contributed by atoms with Gasteiger partial charge in [-0.15, -0.1) is 0 Å². The third-order valence-corrected chi connectivity index (χ3v) is 5.42. The van der Waals surface area contributed by atoms with Crippen LogP contribution in [0.2, 0.25) is 0 Å². The van der Waals surface area contributed by atoms with Gasteiger partial charge >= 0.3 is 0 Å². The van der Waals surface area contributed by atoms with Gasteiger partial charge in [-0.25, -0.2) is 0 Å². The number of hydrogen-bond acceptors (Lipinski definition) is 6. The molecule has 2 heterocycles. The number of likely N-dealkylation sites (tertiary alicyclic amines) is 1. The average Bonchev–Trinajstić information content (AvgIpc) is 3.43. The van der Waals surface area contributed by atoms with Crippen LogP contribution in [0.1, 0.15) is 29.9 Å². The first-order valence-corrected chi connectivity index (χ1v) is 10.3. The Labute approximate surface area is 177 Å². The van der Waals surface area contributed by atoms with Gasteiger partial charge in [0.05, 0.1) is 25.5 Å². The number of rotatable bonds is 8. The second kappa shape index (κ2) is 9.22. The topological polar surface area (TPSA) is 57.0 Å². The van der Waals surface area contributed by atoms with Gasteiger partial charge in [-0.1, -0.05) is 17.3 Å². The van der Waals surface area contributed by atoms with E-state index >= 15 is 0 Å². The molecule has 1 aromatic heterocycles. The Morgan fingerprint density at radius 2 is 1.70 bits per heavy atom. The van der Waals surface area contributed by atoms with Crippen LogP contribution in [0.15, 0.2) is 47.0 Å². The van der Waals surface area contributed by atoms with Gasteiger partial charge in [0.2, 0.25) is 0 Å². The summed E-state index contributed by atoms with van der Waals surface area (Å²) < 4.78 is 22.6. The van der Waals surface area contributed by atoms with Crippen molar-refractivity contribution in [1.82, 2.24) is 10.1 Å². The normalized spacial score (nSPS) is 14.1. The molecule has 6 heteroatoms. The summed E-state index contributed by atoms with van der Waals surface area (Å²) in [4.78, 5) is 2.46. The average molecular weight is 408 g/mol. The first-order valence-electron chi connectivity index (χ1n) is 10.3. The molecule has 1 aliphatic rings. The predicted molar refractivity (Wildman–Crippen MR) is 115 cm³/mol. The van der Waals surface area contributed by atoms with Crippen molar-refractivity contribution in [2.75, 3.05) is 27.3 Å². The SMILES string of the molecule is COc1cccc(OC)c1-c1ccc(OCc2cc(C)no2)c(CN2CCCC2)c1. The zero-order valence-corrected chi connectivity index (χ0v) is 17.8. The molecule has 0 bridgehead atoms. The van der Waals surface area contributed by atoms with Gasteiger partial charge in [-0.05, 0) is 62.7 Å². The number of methoxy groups -OCH3 is 2. The lowest BCUT2D eigenvalue weighted by molar-refractivity contribution is 0.242. The second-order valence-corrected chi connectivity index (χ2v) is 7.57. The molecule has 0 saturated carbocycles. The molecule has 1 aliphatic heterocycles. The van der Waals surface area contributed by atoms with Crippen molar-refractivity contribution in [3.8, 4) is 28.4 Å². The zero-order chi connectivity index (χ0) is 20.9. The Morgan fingerprint density at radius 1 is 0.967 bits per heavy atom. The highest BCUT2D eigenvalue weighted by Crippen LogP contribution is 2.40. The van der Waals surface area contributed by atoms with E-state index in [1.165, 1.54) is 12.8 Å². The molecule has 0 spiro atoms. The van der Waals surface area contributed by atoms with Crippen LogP contribution in [-0.2, 0) is 13.2 Å². The van der Waals surface area contributed by atoms with E-state index in [0.29, 0.717) is 6.61 Å². The summed E-state index contributed by atoms with van der Waals surface area (Å²) in [6.07, 6.45) is 2.49. The van der Waals surface area contributed by atoms with Gasteiger partial charge in [-0.2, -0.15) is 0 Å². The third-order valence-electron chi connectivity index (χ3n) is 5.42. The van der Waals surface area contributed by atoms with Crippen LogP contribution >= 0.6 is 0 Å². The van der Waals surface area contributed by atoms with E-state index in [1.807, 2.05) is 37.3 Å². The van der Waals surface area contributed by atoms with Gasteiger partial charge < -0.3 is 18.7 Å². The van der Waals surface area contributed by atoms with Crippen molar-refractivity contribution in [2.45, 2.75) is 32.9 Å². The molecule has 0 amide bonds. The van der Waals surface area contributed by atoms with Crippen molar-refractivity contribution in [3.05, 3.63) is 59.5 Å². The Morgan fingerprint density at radius 3 is 2.33 bits per heavy atom. The van der Waals surface area contributed by atoms with Crippen molar-refractivity contribution < 1.29 is 18.7 Å². The Hall–Kier alpha value is -2.99. The van der Waals surface area contributed by atoms with E-state index in [2.05, 4.69) is 22.2 Å². The van der Waals surface area contributed by atoms with Gasteiger partial charge in [0.25, 0.3) is 0 Å². The lowest BCUT2D eigenvalue weighted by Crippen LogP contribution is -2.19. The maximum absolute atomic E-state index is 6.13. The number of ether oxygens (including phenoxy) is 3. The van der Waals surface area contributed by atoms with Crippen LogP contribution in [0.5, 0.6) is 17.2 Å². The highest BCUT2D eigenvalue weighted by Gasteiger charge is 2.18. The quantitative estimate of drug-likeness (QED) is 0.531. The second-order valence-electron chi connectivity index (χ2n) is 7.57. The van der Waals surface area contributed by atoms with E-state index in [1.54, 1.807) is 14.2 Å². The molecule has 0 radical (unpaired) electrons. The largest absolute Gasteiger partial charge is 0.496 e. The fourth-order valence-corrected chi connectivity index (χ4v) is 3.95. The summed E-state index contributed by atoms with van der Waals surface area (Å²) in [6.45, 7) is 5.33. The lowest BCUT2D eigenvalue weighted by Gasteiger charge is -2.20. The highest BCUT2D eigenvalue weighted by molar-refractivity contribution is 5.78. The maximum Gasteiger partial charge on any atom is 0.174 e. The van der Waals surface area contributed by atoms with Crippen LogP contribution in [0, 0.1) is 6.92 Å². The van der Waals surface area contributed by atoms with E-state index < -0.39 is 0 Å². The Balaban J connectivity index is 1.68. The molecule has 0 aliphatic carbocycles. The Bertz CT molecular complexity index is 970. The predicted octanol–water partition coefficient (Wildman–Crippen LogP) is 4.84. The van der Waals surface area contributed by atoms with Crippen LogP contribution in [0.4, 0.5) is 0 Å². The van der Waals surface area contributed by atoms with E-state index in [9.17, 15) is 0 Å². The molecule has 2 aromatic carbocycles. The highest BCUT2D eigenvalue weighted by atomic mass is 16.5. The minimum absolute atomic E-state index is 0.352. The summed E-state index contributed by atoms with van der Waals surface area (Å²) in [5, 5.41) is 3.94. The minimum atomic E-state index is 0.352. The molecule has 0 atom stereocenters. The number of hydrogen-bond donors (Lipinski definition) is 0. The van der Waals surface area contributed by atoms with Crippen molar-refractivity contribution in [2.24, 2.45) is 0 Å². The molecule has 0 N–H and O–H groups in total. The monoisotopic (exact) mass is 408 g/mol. The maximum atomic E-state index is 6.13. The number of aryl methyl sites for hydroxylation is 1. The molecule has 4 rings (SSSR count). The number of aromatic nitrogens is 1. The van der Waals surface area contributed by atoms with Crippen molar-refractivity contribution in [1.29, 1.82) is 0 Å². The smallest absolute Gasteiger partial charge is 0.174 e. The number of benzene rings is 2. The molecule has 6 nitrogen and oxygen atoms in total. The molecule has 3 aromatic rings. The van der Waals surface area contributed by atoms with Gasteiger partial charge in [0, 0.05) is 18.2 Å². The van der Waals surface area contributed by atoms with Gasteiger partial charge in [-0.3, -0.25) is 4.90 Å². The zero-order valence-electron chi connectivity index (χ0n) is 17.8. The summed E-state index contributed by atoms with van der Waals surface area (Å²) in [7, 11) is 3.36. The fourth-order valence-electron chi connectivity index (χ4n) is 3.95. The molecule has 1 saturated heterocycles. The summed E-state index contributed by atoms with van der Waals surface area (Å²) in [6, 6.07) is 14.0. The first kappa shape index (κ1) is 20.3.